The Hall–Kier alpha value is -1.77. The minimum Gasteiger partial charge on any atom is -0.508 e. The molecule has 3 nitrogen and oxygen atoms in total. The van der Waals surface area contributed by atoms with Gasteiger partial charge in [0.25, 0.3) is 0 Å². The van der Waals surface area contributed by atoms with Crippen LogP contribution in [0.2, 0.25) is 0 Å². The van der Waals surface area contributed by atoms with Crippen molar-refractivity contribution >= 4 is 5.91 Å². The van der Waals surface area contributed by atoms with E-state index in [0.717, 1.165) is 18.5 Å². The highest BCUT2D eigenvalue weighted by atomic mass is 16.3. The van der Waals surface area contributed by atoms with Gasteiger partial charge in [0.15, 0.2) is 0 Å². The fourth-order valence-corrected chi connectivity index (χ4v) is 1.90. The Balaban J connectivity index is 2.34. The van der Waals surface area contributed by atoms with E-state index < -0.39 is 0 Å². The number of amides is 1. The molecule has 0 spiro atoms. The van der Waals surface area contributed by atoms with Gasteiger partial charge < -0.3 is 10.0 Å². The Morgan fingerprint density at radius 2 is 2.25 bits per heavy atom. The summed E-state index contributed by atoms with van der Waals surface area (Å²) in [5.41, 5.74) is 0.843. The number of hydrogen-bond donors (Lipinski definition) is 1. The third kappa shape index (κ3) is 2.08. The molecule has 3 heteroatoms. The summed E-state index contributed by atoms with van der Waals surface area (Å²) >= 11 is 0. The van der Waals surface area contributed by atoms with E-state index in [-0.39, 0.29) is 17.6 Å². The third-order valence-electron chi connectivity index (χ3n) is 2.83. The monoisotopic (exact) mass is 217 g/mol. The molecule has 0 bridgehead atoms. The lowest BCUT2D eigenvalue weighted by Gasteiger charge is -2.19. The first-order valence-electron chi connectivity index (χ1n) is 5.39. The van der Waals surface area contributed by atoms with Crippen LogP contribution in [0.5, 0.6) is 5.75 Å². The zero-order valence-electron chi connectivity index (χ0n) is 9.26. The van der Waals surface area contributed by atoms with Crippen molar-refractivity contribution in [2.45, 2.75) is 12.3 Å². The average molecular weight is 217 g/mol. The summed E-state index contributed by atoms with van der Waals surface area (Å²) in [6.07, 6.45) is 4.83. The van der Waals surface area contributed by atoms with Crippen molar-refractivity contribution in [3.05, 3.63) is 42.0 Å². The fourth-order valence-electron chi connectivity index (χ4n) is 1.90. The SMILES string of the molecule is CN1CCC=CC(c2cccc(O)c2)C1=O. The average Bonchev–Trinajstić information content (AvgIpc) is 2.42. The molecule has 0 aromatic heterocycles. The van der Waals surface area contributed by atoms with Gasteiger partial charge in [-0.2, -0.15) is 0 Å². The first kappa shape index (κ1) is 10.7. The zero-order chi connectivity index (χ0) is 11.5. The third-order valence-corrected chi connectivity index (χ3v) is 2.83. The number of carbonyl (C=O) groups is 1. The maximum absolute atomic E-state index is 12.1. The van der Waals surface area contributed by atoms with Gasteiger partial charge in [0.2, 0.25) is 5.91 Å². The molecular formula is C13H15NO2. The number of hydrogen-bond acceptors (Lipinski definition) is 2. The van der Waals surface area contributed by atoms with Crippen molar-refractivity contribution in [1.29, 1.82) is 0 Å². The molecule has 0 fully saturated rings. The van der Waals surface area contributed by atoms with E-state index in [0.29, 0.717) is 0 Å². The first-order chi connectivity index (χ1) is 7.68. The predicted octanol–water partition coefficient (Wildman–Crippen LogP) is 1.89. The van der Waals surface area contributed by atoms with Crippen molar-refractivity contribution < 1.29 is 9.90 Å². The lowest BCUT2D eigenvalue weighted by atomic mass is 9.97. The summed E-state index contributed by atoms with van der Waals surface area (Å²) in [7, 11) is 1.81. The number of carbonyl (C=O) groups excluding carboxylic acids is 1. The molecule has 1 atom stereocenters. The number of aromatic hydroxyl groups is 1. The molecule has 1 unspecified atom stereocenters. The molecule has 1 heterocycles. The zero-order valence-corrected chi connectivity index (χ0v) is 9.26. The maximum atomic E-state index is 12.1. The number of likely N-dealkylation sites (N-methyl/N-ethyl adjacent to an activating group) is 1. The molecule has 0 radical (unpaired) electrons. The lowest BCUT2D eigenvalue weighted by molar-refractivity contribution is -0.130. The van der Waals surface area contributed by atoms with E-state index in [9.17, 15) is 9.90 Å². The van der Waals surface area contributed by atoms with Gasteiger partial charge in [0.05, 0.1) is 5.92 Å². The normalized spacial score (nSPS) is 20.9. The number of phenols is 1. The minimum absolute atomic E-state index is 0.0827. The van der Waals surface area contributed by atoms with Gasteiger partial charge in [-0.05, 0) is 24.1 Å². The molecule has 1 N–H and O–H groups in total. The molecule has 2 rings (SSSR count). The topological polar surface area (TPSA) is 40.5 Å². The van der Waals surface area contributed by atoms with Crippen LogP contribution in [0.3, 0.4) is 0 Å². The summed E-state index contributed by atoms with van der Waals surface area (Å²) in [6.45, 7) is 0.755. The first-order valence-corrected chi connectivity index (χ1v) is 5.39. The standard InChI is InChI=1S/C13H15NO2/c1-14-8-3-2-7-12(13(14)16)10-5-4-6-11(15)9-10/h2,4-7,9,12,15H,3,8H2,1H3. The van der Waals surface area contributed by atoms with Crippen LogP contribution in [0.1, 0.15) is 17.9 Å². The van der Waals surface area contributed by atoms with E-state index in [2.05, 4.69) is 0 Å². The fraction of sp³-hybridized carbons (Fsp3) is 0.308. The molecule has 0 saturated heterocycles. The highest BCUT2D eigenvalue weighted by molar-refractivity contribution is 5.86. The number of nitrogens with zero attached hydrogens (tertiary/aromatic N) is 1. The summed E-state index contributed by atoms with van der Waals surface area (Å²) in [6, 6.07) is 6.88. The molecule has 16 heavy (non-hydrogen) atoms. The Morgan fingerprint density at radius 3 is 3.00 bits per heavy atom. The van der Waals surface area contributed by atoms with Crippen molar-refractivity contribution in [1.82, 2.24) is 4.90 Å². The second kappa shape index (κ2) is 4.39. The Morgan fingerprint density at radius 1 is 1.44 bits per heavy atom. The minimum atomic E-state index is -0.264. The quantitative estimate of drug-likeness (QED) is 0.730. The summed E-state index contributed by atoms with van der Waals surface area (Å²) in [5.74, 6) is 0.0181. The maximum Gasteiger partial charge on any atom is 0.233 e. The lowest BCUT2D eigenvalue weighted by Crippen LogP contribution is -2.30. The van der Waals surface area contributed by atoms with E-state index in [4.69, 9.17) is 0 Å². The largest absolute Gasteiger partial charge is 0.508 e. The van der Waals surface area contributed by atoms with Crippen molar-refractivity contribution in [3.8, 4) is 5.75 Å². The van der Waals surface area contributed by atoms with Crippen LogP contribution in [-0.2, 0) is 4.79 Å². The van der Waals surface area contributed by atoms with Crippen molar-refractivity contribution in [2.24, 2.45) is 0 Å². The summed E-state index contributed by atoms with van der Waals surface area (Å²) in [5, 5.41) is 9.42. The van der Waals surface area contributed by atoms with Crippen molar-refractivity contribution in [3.63, 3.8) is 0 Å². The van der Waals surface area contributed by atoms with Gasteiger partial charge in [0, 0.05) is 13.6 Å². The molecule has 1 aromatic carbocycles. The van der Waals surface area contributed by atoms with E-state index in [1.54, 1.807) is 23.1 Å². The predicted molar refractivity (Wildman–Crippen MR) is 62.2 cm³/mol. The van der Waals surface area contributed by atoms with Gasteiger partial charge in [-0.25, -0.2) is 0 Å². The van der Waals surface area contributed by atoms with Gasteiger partial charge >= 0.3 is 0 Å². The van der Waals surface area contributed by atoms with Crippen LogP contribution < -0.4 is 0 Å². The Labute approximate surface area is 95.0 Å². The molecule has 1 aliphatic rings. The smallest absolute Gasteiger partial charge is 0.233 e. The number of phenolic OH excluding ortho intramolecular Hbond substituents is 1. The van der Waals surface area contributed by atoms with E-state index >= 15 is 0 Å². The second-order valence-electron chi connectivity index (χ2n) is 4.05. The number of benzene rings is 1. The van der Waals surface area contributed by atoms with Gasteiger partial charge in [-0.1, -0.05) is 24.3 Å². The highest BCUT2D eigenvalue weighted by Gasteiger charge is 2.22. The molecule has 84 valence electrons. The molecule has 1 aliphatic heterocycles. The van der Waals surface area contributed by atoms with Crippen molar-refractivity contribution in [2.75, 3.05) is 13.6 Å². The van der Waals surface area contributed by atoms with Crippen LogP contribution in [0, 0.1) is 0 Å². The van der Waals surface area contributed by atoms with Crippen LogP contribution >= 0.6 is 0 Å². The van der Waals surface area contributed by atoms with Crippen LogP contribution in [0.4, 0.5) is 0 Å². The van der Waals surface area contributed by atoms with Gasteiger partial charge in [-0.3, -0.25) is 4.79 Å². The second-order valence-corrected chi connectivity index (χ2v) is 4.05. The summed E-state index contributed by atoms with van der Waals surface area (Å²) in [4.78, 5) is 13.8. The van der Waals surface area contributed by atoms with Crippen LogP contribution in [0.25, 0.3) is 0 Å². The molecule has 1 aromatic rings. The Bertz CT molecular complexity index is 426. The van der Waals surface area contributed by atoms with Crippen LogP contribution in [-0.4, -0.2) is 29.5 Å². The molecule has 0 aliphatic carbocycles. The summed E-state index contributed by atoms with van der Waals surface area (Å²) < 4.78 is 0. The van der Waals surface area contributed by atoms with Crippen LogP contribution in [0.15, 0.2) is 36.4 Å². The molecule has 1 amide bonds. The highest BCUT2D eigenvalue weighted by Crippen LogP contribution is 2.25. The molecular weight excluding hydrogens is 202 g/mol. The Kier molecular flexibility index (Phi) is 2.95. The van der Waals surface area contributed by atoms with E-state index in [1.807, 2.05) is 25.3 Å². The van der Waals surface area contributed by atoms with Gasteiger partial charge in [-0.15, -0.1) is 0 Å². The molecule has 0 saturated carbocycles. The van der Waals surface area contributed by atoms with E-state index in [1.165, 1.54) is 0 Å². The van der Waals surface area contributed by atoms with Gasteiger partial charge in [0.1, 0.15) is 5.75 Å². The number of rotatable bonds is 1.